The monoisotopic (exact) mass is 464 g/mol. The average Bonchev–Trinajstić information content (AvgIpc) is 3.43. The molecule has 162 valence electrons. The van der Waals surface area contributed by atoms with Crippen LogP contribution in [0.25, 0.3) is 10.2 Å². The van der Waals surface area contributed by atoms with Crippen molar-refractivity contribution in [3.63, 3.8) is 0 Å². The van der Waals surface area contributed by atoms with Gasteiger partial charge in [-0.2, -0.15) is 0 Å². The van der Waals surface area contributed by atoms with E-state index in [4.69, 9.17) is 4.74 Å². The Morgan fingerprint density at radius 1 is 0.969 bits per heavy atom. The minimum Gasteiger partial charge on any atom is -0.454 e. The number of nitrogens with one attached hydrogen (secondary N) is 1. The van der Waals surface area contributed by atoms with Gasteiger partial charge < -0.3 is 10.1 Å². The fourth-order valence-electron chi connectivity index (χ4n) is 3.15. The molecule has 0 radical (unpaired) electrons. The van der Waals surface area contributed by atoms with Gasteiger partial charge in [0.05, 0.1) is 32.2 Å². The number of ether oxygens (including phenoxy) is 1. The number of para-hydroxylation sites is 1. The van der Waals surface area contributed by atoms with Crippen molar-refractivity contribution in [2.45, 2.75) is 19.9 Å². The van der Waals surface area contributed by atoms with E-state index in [1.54, 1.807) is 35.6 Å². The van der Waals surface area contributed by atoms with Crippen molar-refractivity contribution in [3.8, 4) is 0 Å². The second-order valence-electron chi connectivity index (χ2n) is 7.08. The lowest BCUT2D eigenvalue weighted by molar-refractivity contribution is -0.119. The summed E-state index contributed by atoms with van der Waals surface area (Å²) in [6, 6.07) is 18.6. The van der Waals surface area contributed by atoms with Crippen molar-refractivity contribution in [3.05, 3.63) is 86.6 Å². The van der Waals surface area contributed by atoms with Crippen molar-refractivity contribution in [1.29, 1.82) is 0 Å². The number of esters is 1. The van der Waals surface area contributed by atoms with E-state index in [1.807, 2.05) is 36.4 Å². The highest BCUT2D eigenvalue weighted by Gasteiger charge is 2.17. The maximum atomic E-state index is 12.7. The van der Waals surface area contributed by atoms with Gasteiger partial charge in [-0.25, -0.2) is 9.78 Å². The molecule has 0 aliphatic heterocycles. The molecule has 0 atom stereocenters. The Bertz CT molecular complexity index is 1260. The molecule has 1 amide bonds. The van der Waals surface area contributed by atoms with E-state index in [2.05, 4.69) is 10.3 Å². The molecule has 0 saturated carbocycles. The van der Waals surface area contributed by atoms with Crippen LogP contribution in [0.15, 0.2) is 60.7 Å². The van der Waals surface area contributed by atoms with Crippen molar-refractivity contribution in [2.24, 2.45) is 0 Å². The second-order valence-corrected chi connectivity index (χ2v) is 9.37. The summed E-state index contributed by atoms with van der Waals surface area (Å²) in [4.78, 5) is 42.2. The molecule has 1 N–H and O–H groups in total. The first-order valence-corrected chi connectivity index (χ1v) is 11.6. The summed E-state index contributed by atoms with van der Waals surface area (Å²) >= 11 is 2.87. The van der Waals surface area contributed by atoms with Crippen LogP contribution < -0.4 is 5.32 Å². The molecular weight excluding hydrogens is 444 g/mol. The van der Waals surface area contributed by atoms with Crippen molar-refractivity contribution in [2.75, 3.05) is 6.61 Å². The van der Waals surface area contributed by atoms with Crippen LogP contribution in [0.4, 0.5) is 0 Å². The van der Waals surface area contributed by atoms with Gasteiger partial charge in [0.25, 0.3) is 0 Å². The Hall–Kier alpha value is -3.36. The minimum absolute atomic E-state index is 0.135. The third kappa shape index (κ3) is 5.27. The number of carbonyl (C=O) groups excluding carboxylic acids is 3. The number of nitrogens with zero attached hydrogens (tertiary/aromatic N) is 1. The van der Waals surface area contributed by atoms with E-state index in [1.165, 1.54) is 18.3 Å². The number of benzene rings is 2. The first-order valence-electron chi connectivity index (χ1n) is 9.95. The standard InChI is InChI=1S/C24H20N2O4S2/c1-15(27)25-13-17-10-11-22(31-17)20(28)14-30-24(29)18-7-3-2-6-16(18)12-23-26-19-8-4-5-9-21(19)32-23/h2-11H,12-14H2,1H3,(H,25,27). The van der Waals surface area contributed by atoms with Gasteiger partial charge in [0, 0.05) is 18.2 Å². The predicted octanol–water partition coefficient (Wildman–Crippen LogP) is 4.62. The van der Waals surface area contributed by atoms with Crippen molar-refractivity contribution < 1.29 is 19.1 Å². The summed E-state index contributed by atoms with van der Waals surface area (Å²) < 4.78 is 6.42. The highest BCUT2D eigenvalue weighted by atomic mass is 32.1. The first-order chi connectivity index (χ1) is 15.5. The fourth-order valence-corrected chi connectivity index (χ4v) is 5.01. The Kier molecular flexibility index (Phi) is 6.72. The van der Waals surface area contributed by atoms with Gasteiger partial charge in [-0.1, -0.05) is 30.3 Å². The summed E-state index contributed by atoms with van der Waals surface area (Å²) in [5, 5.41) is 3.60. The molecule has 0 unspecified atom stereocenters. The van der Waals surface area contributed by atoms with E-state index in [9.17, 15) is 14.4 Å². The number of thiazole rings is 1. The van der Waals surface area contributed by atoms with E-state index in [0.29, 0.717) is 23.4 Å². The maximum absolute atomic E-state index is 12.7. The molecule has 32 heavy (non-hydrogen) atoms. The van der Waals surface area contributed by atoms with Gasteiger partial charge in [0.1, 0.15) is 0 Å². The first kappa shape index (κ1) is 21.9. The van der Waals surface area contributed by atoms with Crippen LogP contribution in [0.2, 0.25) is 0 Å². The van der Waals surface area contributed by atoms with Crippen molar-refractivity contribution in [1.82, 2.24) is 10.3 Å². The third-order valence-corrected chi connectivity index (χ3v) is 6.86. The summed E-state index contributed by atoms with van der Waals surface area (Å²) in [5.74, 6) is -0.948. The lowest BCUT2D eigenvalue weighted by Crippen LogP contribution is -2.18. The molecule has 8 heteroatoms. The smallest absolute Gasteiger partial charge is 0.338 e. The summed E-state index contributed by atoms with van der Waals surface area (Å²) in [5.41, 5.74) is 2.17. The van der Waals surface area contributed by atoms with Crippen LogP contribution in [0.1, 0.15) is 42.4 Å². The van der Waals surface area contributed by atoms with Crippen LogP contribution >= 0.6 is 22.7 Å². The number of amides is 1. The van der Waals surface area contributed by atoms with E-state index in [-0.39, 0.29) is 18.3 Å². The number of aromatic nitrogens is 1. The Morgan fingerprint density at radius 3 is 2.56 bits per heavy atom. The predicted molar refractivity (Wildman–Crippen MR) is 125 cm³/mol. The number of hydrogen-bond donors (Lipinski definition) is 1. The molecule has 0 aliphatic carbocycles. The Labute approximate surface area is 192 Å². The zero-order valence-electron chi connectivity index (χ0n) is 17.3. The molecule has 0 bridgehead atoms. The Morgan fingerprint density at radius 2 is 1.75 bits per heavy atom. The largest absolute Gasteiger partial charge is 0.454 e. The molecule has 0 spiro atoms. The molecule has 4 aromatic rings. The van der Waals surface area contributed by atoms with Gasteiger partial charge in [0.2, 0.25) is 11.7 Å². The quantitative estimate of drug-likeness (QED) is 0.304. The van der Waals surface area contributed by atoms with E-state index in [0.717, 1.165) is 25.7 Å². The summed E-state index contributed by atoms with van der Waals surface area (Å²) in [6.45, 7) is 1.47. The minimum atomic E-state index is -0.537. The highest BCUT2D eigenvalue weighted by molar-refractivity contribution is 7.18. The number of ketones is 1. The fraction of sp³-hybridized carbons (Fsp3) is 0.167. The van der Waals surface area contributed by atoms with Gasteiger partial charge in [-0.3, -0.25) is 9.59 Å². The molecule has 4 rings (SSSR count). The molecule has 2 aromatic carbocycles. The van der Waals surface area contributed by atoms with Crippen LogP contribution in [-0.4, -0.2) is 29.3 Å². The number of hydrogen-bond acceptors (Lipinski definition) is 7. The molecule has 2 heterocycles. The average molecular weight is 465 g/mol. The van der Waals surface area contributed by atoms with Crippen LogP contribution in [0.3, 0.4) is 0 Å². The van der Waals surface area contributed by atoms with Crippen LogP contribution in [0, 0.1) is 0 Å². The van der Waals surface area contributed by atoms with Gasteiger partial charge in [0.15, 0.2) is 6.61 Å². The van der Waals surface area contributed by atoms with Gasteiger partial charge in [-0.05, 0) is 35.9 Å². The molecule has 0 fully saturated rings. The normalized spacial score (nSPS) is 10.8. The molecule has 0 aliphatic rings. The maximum Gasteiger partial charge on any atom is 0.338 e. The van der Waals surface area contributed by atoms with Crippen LogP contribution in [0.5, 0.6) is 0 Å². The SMILES string of the molecule is CC(=O)NCc1ccc(C(=O)COC(=O)c2ccccc2Cc2nc3ccccc3s2)s1. The number of rotatable bonds is 8. The number of carbonyl (C=O) groups is 3. The van der Waals surface area contributed by atoms with Gasteiger partial charge >= 0.3 is 5.97 Å². The van der Waals surface area contributed by atoms with Crippen LogP contribution in [-0.2, 0) is 22.5 Å². The molecule has 0 saturated heterocycles. The number of Topliss-reactive ketones (excluding diaryl/α,β-unsaturated/α-hetero) is 1. The second kappa shape index (κ2) is 9.84. The molecule has 6 nitrogen and oxygen atoms in total. The number of fused-ring (bicyclic) bond motifs is 1. The van der Waals surface area contributed by atoms with Crippen molar-refractivity contribution >= 4 is 50.5 Å². The summed E-state index contributed by atoms with van der Waals surface area (Å²) in [6.07, 6.45) is 0.510. The lowest BCUT2D eigenvalue weighted by atomic mass is 10.1. The summed E-state index contributed by atoms with van der Waals surface area (Å²) in [7, 11) is 0. The molecular formula is C24H20N2O4S2. The zero-order chi connectivity index (χ0) is 22.5. The third-order valence-electron chi connectivity index (χ3n) is 4.70. The van der Waals surface area contributed by atoms with Gasteiger partial charge in [-0.15, -0.1) is 22.7 Å². The van der Waals surface area contributed by atoms with E-state index < -0.39 is 5.97 Å². The Balaban J connectivity index is 1.40. The lowest BCUT2D eigenvalue weighted by Gasteiger charge is -2.08. The topological polar surface area (TPSA) is 85.4 Å². The number of thiophene rings is 1. The zero-order valence-corrected chi connectivity index (χ0v) is 18.9. The highest BCUT2D eigenvalue weighted by Crippen LogP contribution is 2.25. The molecule has 2 aromatic heterocycles. The van der Waals surface area contributed by atoms with E-state index >= 15 is 0 Å².